The Morgan fingerprint density at radius 2 is 1.68 bits per heavy atom. The first kappa shape index (κ1) is 21.8. The molecule has 2 heterocycles. The van der Waals surface area contributed by atoms with Gasteiger partial charge in [0, 0.05) is 17.1 Å². The van der Waals surface area contributed by atoms with E-state index in [9.17, 15) is 23.3 Å². The third kappa shape index (κ3) is 5.39. The van der Waals surface area contributed by atoms with Crippen molar-refractivity contribution in [1.29, 1.82) is 0 Å². The molecule has 0 saturated heterocycles. The van der Waals surface area contributed by atoms with Crippen LogP contribution >= 0.6 is 0 Å². The van der Waals surface area contributed by atoms with Crippen molar-refractivity contribution in [2.75, 3.05) is 10.0 Å². The lowest BCUT2D eigenvalue weighted by atomic mass is 10.3. The molecule has 0 fully saturated rings. The first-order valence-corrected chi connectivity index (χ1v) is 10.5. The summed E-state index contributed by atoms with van der Waals surface area (Å²) in [6.07, 6.45) is 0. The molecular formula is C18H19N7O5S. The fraction of sp³-hybridized carbons (Fsp3) is 0.222. The molecule has 2 aromatic heterocycles. The van der Waals surface area contributed by atoms with Crippen molar-refractivity contribution in [3.63, 3.8) is 0 Å². The number of rotatable bonds is 7. The van der Waals surface area contributed by atoms with E-state index in [-0.39, 0.29) is 23.2 Å². The lowest BCUT2D eigenvalue weighted by Crippen LogP contribution is -2.20. The zero-order valence-electron chi connectivity index (χ0n) is 16.9. The molecule has 0 spiro atoms. The highest BCUT2D eigenvalue weighted by molar-refractivity contribution is 7.92. The molecule has 3 rings (SSSR count). The van der Waals surface area contributed by atoms with E-state index >= 15 is 0 Å². The summed E-state index contributed by atoms with van der Waals surface area (Å²) in [6.45, 7) is 4.67. The van der Waals surface area contributed by atoms with Crippen molar-refractivity contribution < 1.29 is 18.1 Å². The maximum atomic E-state index is 12.5. The third-order valence-electron chi connectivity index (χ3n) is 4.02. The van der Waals surface area contributed by atoms with Gasteiger partial charge in [0.1, 0.15) is 0 Å². The number of aromatic nitrogens is 4. The maximum Gasteiger partial charge on any atom is 0.345 e. The van der Waals surface area contributed by atoms with E-state index in [1.54, 1.807) is 26.8 Å². The van der Waals surface area contributed by atoms with Gasteiger partial charge in [-0.3, -0.25) is 4.79 Å². The number of sulfonamides is 1. The van der Waals surface area contributed by atoms with Crippen LogP contribution in [0.4, 0.5) is 17.5 Å². The Hall–Kier alpha value is -3.87. The van der Waals surface area contributed by atoms with Crippen LogP contribution in [0.2, 0.25) is 0 Å². The van der Waals surface area contributed by atoms with Gasteiger partial charge in [0.15, 0.2) is 6.54 Å². The molecule has 0 aliphatic heterocycles. The summed E-state index contributed by atoms with van der Waals surface area (Å²) < 4.78 is 28.4. The van der Waals surface area contributed by atoms with Gasteiger partial charge in [-0.25, -0.2) is 23.1 Å². The Morgan fingerprint density at radius 1 is 1.06 bits per heavy atom. The highest BCUT2D eigenvalue weighted by atomic mass is 32.2. The summed E-state index contributed by atoms with van der Waals surface area (Å²) in [5, 5.41) is 17.5. The molecular weight excluding hydrogens is 426 g/mol. The quantitative estimate of drug-likeness (QED) is 0.412. The molecule has 2 N–H and O–H groups in total. The van der Waals surface area contributed by atoms with E-state index in [0.717, 1.165) is 4.68 Å². The zero-order valence-corrected chi connectivity index (χ0v) is 17.7. The van der Waals surface area contributed by atoms with Gasteiger partial charge in [-0.15, -0.1) is 4.68 Å². The Kier molecular flexibility index (Phi) is 5.97. The van der Waals surface area contributed by atoms with Crippen molar-refractivity contribution in [3.05, 3.63) is 63.6 Å². The summed E-state index contributed by atoms with van der Waals surface area (Å²) >= 11 is 0. The smallest absolute Gasteiger partial charge is 0.345 e. The highest BCUT2D eigenvalue weighted by Gasteiger charge is 2.20. The Labute approximate surface area is 177 Å². The number of aryl methyl sites for hydroxylation is 3. The molecule has 0 atom stereocenters. The van der Waals surface area contributed by atoms with Crippen LogP contribution in [-0.4, -0.2) is 39.0 Å². The number of anilines is 2. The molecule has 1 amide bonds. The average molecular weight is 445 g/mol. The number of hydrogen-bond acceptors (Lipinski definition) is 8. The van der Waals surface area contributed by atoms with Crippen LogP contribution in [0.5, 0.6) is 0 Å². The predicted molar refractivity (Wildman–Crippen MR) is 111 cm³/mol. The van der Waals surface area contributed by atoms with Gasteiger partial charge < -0.3 is 15.4 Å². The van der Waals surface area contributed by atoms with E-state index in [1.807, 2.05) is 0 Å². The fourth-order valence-corrected chi connectivity index (χ4v) is 3.74. The molecule has 3 aromatic rings. The topological polar surface area (TPSA) is 162 Å². The molecule has 0 radical (unpaired) electrons. The van der Waals surface area contributed by atoms with Gasteiger partial charge >= 0.3 is 5.82 Å². The number of nitro groups is 1. The fourth-order valence-electron chi connectivity index (χ4n) is 2.80. The summed E-state index contributed by atoms with van der Waals surface area (Å²) in [5.41, 5.74) is 1.97. The van der Waals surface area contributed by atoms with Crippen molar-refractivity contribution in [2.24, 2.45) is 0 Å². The summed E-state index contributed by atoms with van der Waals surface area (Å²) in [4.78, 5) is 30.6. The second-order valence-electron chi connectivity index (χ2n) is 6.71. The standard InChI is InChI=1S/C18H19N7O5S/c1-11-8-12(2)20-18(19-11)23-31(29,30)15-6-4-14(5-7-15)21-16(26)10-24-17(25(27)28)9-13(3)22-24/h4-9H,10H2,1-3H3,(H,21,26)(H,19,20,23). The average Bonchev–Trinajstić information content (AvgIpc) is 3.01. The lowest BCUT2D eigenvalue weighted by Gasteiger charge is -2.09. The lowest BCUT2D eigenvalue weighted by molar-refractivity contribution is -0.392. The normalized spacial score (nSPS) is 11.2. The summed E-state index contributed by atoms with van der Waals surface area (Å²) in [6, 6.07) is 8.39. The van der Waals surface area contributed by atoms with Crippen LogP contribution in [-0.2, 0) is 21.4 Å². The minimum atomic E-state index is -3.93. The Morgan fingerprint density at radius 3 is 2.26 bits per heavy atom. The second kappa shape index (κ2) is 8.47. The highest BCUT2D eigenvalue weighted by Crippen LogP contribution is 2.18. The predicted octanol–water partition coefficient (Wildman–Crippen LogP) is 1.95. The molecule has 0 unspecified atom stereocenters. The molecule has 0 bridgehead atoms. The Balaban J connectivity index is 1.69. The van der Waals surface area contributed by atoms with E-state index in [2.05, 4.69) is 25.1 Å². The van der Waals surface area contributed by atoms with E-state index in [4.69, 9.17) is 0 Å². The van der Waals surface area contributed by atoms with Crippen LogP contribution < -0.4 is 10.0 Å². The largest absolute Gasteiger partial charge is 0.358 e. The van der Waals surface area contributed by atoms with Gasteiger partial charge in [-0.2, -0.15) is 0 Å². The van der Waals surface area contributed by atoms with Crippen LogP contribution in [0, 0.1) is 30.9 Å². The van der Waals surface area contributed by atoms with Crippen molar-refractivity contribution >= 4 is 33.4 Å². The molecule has 1 aromatic carbocycles. The van der Waals surface area contributed by atoms with Crippen LogP contribution in [0.15, 0.2) is 41.3 Å². The zero-order chi connectivity index (χ0) is 22.8. The summed E-state index contributed by atoms with van der Waals surface area (Å²) in [7, 11) is -3.93. The monoisotopic (exact) mass is 445 g/mol. The molecule has 12 nitrogen and oxygen atoms in total. The van der Waals surface area contributed by atoms with Gasteiger partial charge in [0.25, 0.3) is 15.9 Å². The SMILES string of the molecule is Cc1cc(C)nc(NS(=O)(=O)c2ccc(NC(=O)Cn3nc(C)cc3[N+](=O)[O-])cc2)n1. The minimum absolute atomic E-state index is 0.0361. The molecule has 0 aliphatic rings. The minimum Gasteiger partial charge on any atom is -0.358 e. The number of carbonyl (C=O) groups excluding carboxylic acids is 1. The molecule has 0 aliphatic carbocycles. The van der Waals surface area contributed by atoms with E-state index in [1.165, 1.54) is 30.3 Å². The number of carbonyl (C=O) groups is 1. The second-order valence-corrected chi connectivity index (χ2v) is 8.39. The third-order valence-corrected chi connectivity index (χ3v) is 5.36. The first-order valence-electron chi connectivity index (χ1n) is 8.97. The number of benzene rings is 1. The van der Waals surface area contributed by atoms with Gasteiger partial charge in [0.05, 0.1) is 16.7 Å². The van der Waals surface area contributed by atoms with E-state index in [0.29, 0.717) is 22.8 Å². The van der Waals surface area contributed by atoms with E-state index < -0.39 is 20.9 Å². The van der Waals surface area contributed by atoms with Crippen LogP contribution in [0.1, 0.15) is 17.1 Å². The van der Waals surface area contributed by atoms with Crippen molar-refractivity contribution in [2.45, 2.75) is 32.2 Å². The van der Waals surface area contributed by atoms with Crippen molar-refractivity contribution in [3.8, 4) is 0 Å². The molecule has 0 saturated carbocycles. The number of nitrogens with zero attached hydrogens (tertiary/aromatic N) is 5. The number of nitrogens with one attached hydrogen (secondary N) is 2. The first-order chi connectivity index (χ1) is 14.5. The van der Waals surface area contributed by atoms with Gasteiger partial charge in [0.2, 0.25) is 5.95 Å². The number of hydrogen-bond donors (Lipinski definition) is 2. The van der Waals surface area contributed by atoms with Gasteiger partial charge in [-0.05, 0) is 56.0 Å². The van der Waals surface area contributed by atoms with Crippen LogP contribution in [0.25, 0.3) is 0 Å². The van der Waals surface area contributed by atoms with Crippen molar-refractivity contribution in [1.82, 2.24) is 19.7 Å². The molecule has 162 valence electrons. The molecule has 13 heteroatoms. The number of amides is 1. The van der Waals surface area contributed by atoms with Gasteiger partial charge in [-0.1, -0.05) is 5.10 Å². The maximum absolute atomic E-state index is 12.5. The Bertz CT molecular complexity index is 1230. The summed E-state index contributed by atoms with van der Waals surface area (Å²) in [5.74, 6) is -0.886. The van der Waals surface area contributed by atoms with Crippen LogP contribution in [0.3, 0.4) is 0 Å². The molecule has 31 heavy (non-hydrogen) atoms.